The third-order valence-corrected chi connectivity index (χ3v) is 4.28. The molecular weight excluding hydrogens is 295 g/mol. The summed E-state index contributed by atoms with van der Waals surface area (Å²) < 4.78 is 25.4. The second-order valence-electron chi connectivity index (χ2n) is 5.27. The molecule has 1 saturated heterocycles. The fourth-order valence-corrected chi connectivity index (χ4v) is 3.06. The number of hydrazine groups is 1. The van der Waals surface area contributed by atoms with Gasteiger partial charge in [0, 0.05) is 37.7 Å². The number of nitrogens with one attached hydrogen (secondary N) is 1. The van der Waals surface area contributed by atoms with Gasteiger partial charge in [-0.15, -0.1) is 0 Å². The lowest BCUT2D eigenvalue weighted by atomic mass is 9.83. The van der Waals surface area contributed by atoms with E-state index < -0.39 is 5.60 Å². The first-order valence-electron chi connectivity index (χ1n) is 7.23. The summed E-state index contributed by atoms with van der Waals surface area (Å²) in [6.45, 7) is 3.79. The summed E-state index contributed by atoms with van der Waals surface area (Å²) in [5, 5.41) is 0.388. The van der Waals surface area contributed by atoms with Crippen LogP contribution in [0.1, 0.15) is 25.3 Å². The predicted molar refractivity (Wildman–Crippen MR) is 80.6 cm³/mol. The van der Waals surface area contributed by atoms with Crippen molar-refractivity contribution in [2.75, 3.05) is 19.8 Å². The van der Waals surface area contributed by atoms with Crippen LogP contribution >= 0.6 is 11.6 Å². The van der Waals surface area contributed by atoms with E-state index in [-0.39, 0.29) is 11.9 Å². The first-order valence-corrected chi connectivity index (χ1v) is 7.61. The van der Waals surface area contributed by atoms with Gasteiger partial charge in [-0.3, -0.25) is 11.3 Å². The minimum atomic E-state index is -0.423. The Kier molecular flexibility index (Phi) is 5.96. The van der Waals surface area contributed by atoms with Gasteiger partial charge in [0.1, 0.15) is 5.82 Å². The minimum absolute atomic E-state index is 0.183. The van der Waals surface area contributed by atoms with Gasteiger partial charge in [-0.25, -0.2) is 4.39 Å². The van der Waals surface area contributed by atoms with Gasteiger partial charge in [0.15, 0.2) is 0 Å². The molecule has 1 aromatic carbocycles. The highest BCUT2D eigenvalue weighted by Gasteiger charge is 2.41. The fraction of sp³-hybridized carbons (Fsp3) is 0.600. The number of rotatable bonds is 6. The number of nitrogens with two attached hydrogens (primary N) is 1. The van der Waals surface area contributed by atoms with Crippen LogP contribution < -0.4 is 11.3 Å². The molecule has 0 aromatic heterocycles. The maximum Gasteiger partial charge on any atom is 0.127 e. The number of hydrogen-bond acceptors (Lipinski definition) is 4. The van der Waals surface area contributed by atoms with E-state index in [1.54, 1.807) is 12.1 Å². The molecule has 1 unspecified atom stereocenters. The molecule has 0 radical (unpaired) electrons. The Morgan fingerprint density at radius 2 is 2.19 bits per heavy atom. The highest BCUT2D eigenvalue weighted by atomic mass is 35.5. The van der Waals surface area contributed by atoms with E-state index in [4.69, 9.17) is 26.9 Å². The zero-order valence-corrected chi connectivity index (χ0v) is 13.0. The number of hydrogen-bond donors (Lipinski definition) is 2. The lowest BCUT2D eigenvalue weighted by molar-refractivity contribution is -0.126. The average molecular weight is 317 g/mol. The predicted octanol–water partition coefficient (Wildman–Crippen LogP) is 2.44. The Hall–Kier alpha value is -0.720. The molecular formula is C15H22ClFN2O2. The lowest BCUT2D eigenvalue weighted by Gasteiger charge is -2.43. The van der Waals surface area contributed by atoms with Gasteiger partial charge in [0.05, 0.1) is 11.6 Å². The van der Waals surface area contributed by atoms with Crippen molar-refractivity contribution in [2.24, 2.45) is 5.84 Å². The molecule has 1 heterocycles. The summed E-state index contributed by atoms with van der Waals surface area (Å²) in [7, 11) is 0. The third kappa shape index (κ3) is 3.93. The maximum atomic E-state index is 14.0. The molecule has 1 aliphatic heterocycles. The Morgan fingerprint density at radius 1 is 1.48 bits per heavy atom. The molecule has 1 atom stereocenters. The number of halogens is 2. The largest absolute Gasteiger partial charge is 0.381 e. The van der Waals surface area contributed by atoms with Crippen LogP contribution in [-0.4, -0.2) is 31.5 Å². The van der Waals surface area contributed by atoms with Crippen LogP contribution in [0, 0.1) is 5.82 Å². The fourth-order valence-electron chi connectivity index (χ4n) is 2.90. The van der Waals surface area contributed by atoms with E-state index in [2.05, 4.69) is 5.43 Å². The van der Waals surface area contributed by atoms with Crippen molar-refractivity contribution in [2.45, 2.75) is 37.8 Å². The van der Waals surface area contributed by atoms with E-state index in [1.807, 2.05) is 6.92 Å². The van der Waals surface area contributed by atoms with Crippen LogP contribution in [0.2, 0.25) is 5.02 Å². The van der Waals surface area contributed by atoms with Gasteiger partial charge in [0.2, 0.25) is 0 Å². The van der Waals surface area contributed by atoms with Crippen molar-refractivity contribution < 1.29 is 13.9 Å². The molecule has 3 N–H and O–H groups in total. The standard InChI is InChI=1S/C15H22ClFN2O2/c1-2-21-15(5-7-20-8-6-15)14(19-18)9-11-3-4-12(16)10-13(11)17/h3-4,10,14,19H,2,5-9,18H2,1H3. The van der Waals surface area contributed by atoms with Gasteiger partial charge in [-0.1, -0.05) is 17.7 Å². The van der Waals surface area contributed by atoms with Crippen molar-refractivity contribution in [3.63, 3.8) is 0 Å². The van der Waals surface area contributed by atoms with Crippen molar-refractivity contribution in [1.82, 2.24) is 5.43 Å². The van der Waals surface area contributed by atoms with Crippen molar-refractivity contribution >= 4 is 11.6 Å². The molecule has 4 nitrogen and oxygen atoms in total. The molecule has 1 aromatic rings. The van der Waals surface area contributed by atoms with Crippen molar-refractivity contribution in [3.8, 4) is 0 Å². The van der Waals surface area contributed by atoms with Crippen LogP contribution in [0.15, 0.2) is 18.2 Å². The summed E-state index contributed by atoms with van der Waals surface area (Å²) in [5.74, 6) is 5.41. The van der Waals surface area contributed by atoms with Crippen LogP contribution in [0.4, 0.5) is 4.39 Å². The van der Waals surface area contributed by atoms with E-state index in [9.17, 15) is 4.39 Å². The number of benzene rings is 1. The molecule has 0 saturated carbocycles. The summed E-state index contributed by atoms with van der Waals surface area (Å²) >= 11 is 5.79. The Labute approximate surface area is 129 Å². The van der Waals surface area contributed by atoms with Gasteiger partial charge >= 0.3 is 0 Å². The van der Waals surface area contributed by atoms with Gasteiger partial charge < -0.3 is 9.47 Å². The Bertz CT molecular complexity index is 461. The van der Waals surface area contributed by atoms with Crippen molar-refractivity contribution in [1.29, 1.82) is 0 Å². The topological polar surface area (TPSA) is 56.5 Å². The number of ether oxygens (including phenoxy) is 2. The monoisotopic (exact) mass is 316 g/mol. The van der Waals surface area contributed by atoms with Gasteiger partial charge in [-0.05, 0) is 31.0 Å². The minimum Gasteiger partial charge on any atom is -0.381 e. The summed E-state index contributed by atoms with van der Waals surface area (Å²) in [4.78, 5) is 0. The van der Waals surface area contributed by atoms with E-state index >= 15 is 0 Å². The highest BCUT2D eigenvalue weighted by Crippen LogP contribution is 2.31. The molecule has 118 valence electrons. The van der Waals surface area contributed by atoms with Crippen molar-refractivity contribution in [3.05, 3.63) is 34.6 Å². The van der Waals surface area contributed by atoms with E-state index in [0.717, 1.165) is 12.8 Å². The average Bonchev–Trinajstić information content (AvgIpc) is 2.47. The molecule has 2 rings (SSSR count). The quantitative estimate of drug-likeness (QED) is 0.625. The van der Waals surface area contributed by atoms with Gasteiger partial charge in [0.25, 0.3) is 0 Å². The Balaban J connectivity index is 2.20. The van der Waals surface area contributed by atoms with Crippen LogP contribution in [0.25, 0.3) is 0 Å². The molecule has 0 aliphatic carbocycles. The smallest absolute Gasteiger partial charge is 0.127 e. The molecule has 0 bridgehead atoms. The first-order chi connectivity index (χ1) is 10.1. The van der Waals surface area contributed by atoms with Crippen LogP contribution in [0.5, 0.6) is 0 Å². The second kappa shape index (κ2) is 7.51. The van der Waals surface area contributed by atoms with E-state index in [0.29, 0.717) is 36.8 Å². The molecule has 1 fully saturated rings. The van der Waals surface area contributed by atoms with E-state index in [1.165, 1.54) is 6.07 Å². The molecule has 0 spiro atoms. The normalized spacial score (nSPS) is 19.4. The second-order valence-corrected chi connectivity index (χ2v) is 5.71. The summed E-state index contributed by atoms with van der Waals surface area (Å²) in [6, 6.07) is 4.52. The summed E-state index contributed by atoms with van der Waals surface area (Å²) in [5.41, 5.74) is 2.96. The molecule has 1 aliphatic rings. The first kappa shape index (κ1) is 16.6. The molecule has 21 heavy (non-hydrogen) atoms. The van der Waals surface area contributed by atoms with Crippen LogP contribution in [-0.2, 0) is 15.9 Å². The third-order valence-electron chi connectivity index (χ3n) is 4.05. The zero-order valence-electron chi connectivity index (χ0n) is 12.2. The Morgan fingerprint density at radius 3 is 2.76 bits per heavy atom. The molecule has 6 heteroatoms. The highest BCUT2D eigenvalue weighted by molar-refractivity contribution is 6.30. The van der Waals surface area contributed by atoms with Gasteiger partial charge in [-0.2, -0.15) is 0 Å². The maximum absolute atomic E-state index is 14.0. The van der Waals surface area contributed by atoms with Crippen LogP contribution in [0.3, 0.4) is 0 Å². The lowest BCUT2D eigenvalue weighted by Crippen LogP contribution is -2.58. The summed E-state index contributed by atoms with van der Waals surface area (Å²) in [6.07, 6.45) is 1.93. The molecule has 0 amide bonds. The zero-order chi connectivity index (χ0) is 15.3. The SMILES string of the molecule is CCOC1(C(Cc2ccc(Cl)cc2F)NN)CCOCC1.